The highest BCUT2D eigenvalue weighted by atomic mass is 16.4. The van der Waals surface area contributed by atoms with Crippen LogP contribution in [0.15, 0.2) is 0 Å². The Balaban J connectivity index is 4.41. The second-order valence-corrected chi connectivity index (χ2v) is 3.08. The molecule has 0 saturated heterocycles. The van der Waals surface area contributed by atoms with Crippen molar-refractivity contribution >= 4 is 17.8 Å². The summed E-state index contributed by atoms with van der Waals surface area (Å²) in [6.07, 6.45) is 4.42. The molecule has 0 aromatic rings. The van der Waals surface area contributed by atoms with E-state index in [9.17, 15) is 14.4 Å². The van der Waals surface area contributed by atoms with Gasteiger partial charge in [-0.25, -0.2) is 4.79 Å². The number of amides is 2. The molecule has 88 valence electrons. The van der Waals surface area contributed by atoms with Gasteiger partial charge in [0.15, 0.2) is 0 Å². The molecule has 0 aromatic carbocycles. The van der Waals surface area contributed by atoms with Gasteiger partial charge in [0.05, 0.1) is 12.5 Å². The number of carboxylic acid groups (broad SMARTS) is 1. The number of aliphatic carboxylic acids is 1. The van der Waals surface area contributed by atoms with E-state index in [4.69, 9.17) is 23.0 Å². The largest absolute Gasteiger partial charge is 0.480 e. The van der Waals surface area contributed by atoms with Gasteiger partial charge in [0.25, 0.3) is 0 Å². The van der Waals surface area contributed by atoms with Gasteiger partial charge in [-0.1, -0.05) is 0 Å². The third-order valence-electron chi connectivity index (χ3n) is 1.69. The van der Waals surface area contributed by atoms with Gasteiger partial charge in [0.2, 0.25) is 11.8 Å². The highest BCUT2D eigenvalue weighted by Gasteiger charge is 2.24. The Kier molecular flexibility index (Phi) is 5.59. The molecule has 0 aliphatic heterocycles. The SMILES string of the molecule is C#CCC(N)C(=O)NC(CC(N)=O)C(=O)O. The quantitative estimate of drug-likeness (QED) is 0.381. The zero-order chi connectivity index (χ0) is 12.7. The van der Waals surface area contributed by atoms with Gasteiger partial charge >= 0.3 is 5.97 Å². The monoisotopic (exact) mass is 227 g/mol. The van der Waals surface area contributed by atoms with Crippen molar-refractivity contribution in [3.63, 3.8) is 0 Å². The van der Waals surface area contributed by atoms with E-state index in [0.717, 1.165) is 0 Å². The van der Waals surface area contributed by atoms with E-state index in [0.29, 0.717) is 0 Å². The molecule has 0 aliphatic carbocycles. The molecule has 2 atom stereocenters. The van der Waals surface area contributed by atoms with Gasteiger partial charge in [-0.05, 0) is 0 Å². The van der Waals surface area contributed by atoms with Crippen LogP contribution in [0.1, 0.15) is 12.8 Å². The van der Waals surface area contributed by atoms with Gasteiger partial charge in [-0.2, -0.15) is 0 Å². The molecule has 0 heterocycles. The Bertz CT molecular complexity index is 334. The third-order valence-corrected chi connectivity index (χ3v) is 1.69. The zero-order valence-corrected chi connectivity index (χ0v) is 8.47. The summed E-state index contributed by atoms with van der Waals surface area (Å²) >= 11 is 0. The van der Waals surface area contributed by atoms with Gasteiger partial charge in [-0.15, -0.1) is 12.3 Å². The number of carboxylic acids is 1. The molecule has 7 heteroatoms. The summed E-state index contributed by atoms with van der Waals surface area (Å²) < 4.78 is 0. The van der Waals surface area contributed by atoms with E-state index < -0.39 is 36.3 Å². The van der Waals surface area contributed by atoms with Gasteiger partial charge in [0.1, 0.15) is 6.04 Å². The number of nitrogens with two attached hydrogens (primary N) is 2. The smallest absolute Gasteiger partial charge is 0.326 e. The Hall–Kier alpha value is -2.07. The van der Waals surface area contributed by atoms with Crippen molar-refractivity contribution in [2.45, 2.75) is 24.9 Å². The maximum absolute atomic E-state index is 11.3. The highest BCUT2D eigenvalue weighted by Crippen LogP contribution is 1.94. The van der Waals surface area contributed by atoms with Crippen LogP contribution < -0.4 is 16.8 Å². The van der Waals surface area contributed by atoms with Crippen molar-refractivity contribution in [3.05, 3.63) is 0 Å². The van der Waals surface area contributed by atoms with Crippen LogP contribution in [0.4, 0.5) is 0 Å². The molecule has 0 aromatic heterocycles. The van der Waals surface area contributed by atoms with E-state index in [2.05, 4.69) is 11.2 Å². The van der Waals surface area contributed by atoms with Crippen molar-refractivity contribution in [3.8, 4) is 12.3 Å². The molecule has 7 nitrogen and oxygen atoms in total. The second kappa shape index (κ2) is 6.42. The molecule has 0 bridgehead atoms. The van der Waals surface area contributed by atoms with Crippen LogP contribution in [-0.2, 0) is 14.4 Å². The molecule has 0 rings (SSSR count). The number of rotatable bonds is 6. The lowest BCUT2D eigenvalue weighted by molar-refractivity contribution is -0.143. The molecule has 2 unspecified atom stereocenters. The topological polar surface area (TPSA) is 136 Å². The zero-order valence-electron chi connectivity index (χ0n) is 8.47. The first-order valence-electron chi connectivity index (χ1n) is 4.39. The molecule has 0 saturated carbocycles. The minimum absolute atomic E-state index is 0.0191. The van der Waals surface area contributed by atoms with Crippen LogP contribution in [0.3, 0.4) is 0 Å². The second-order valence-electron chi connectivity index (χ2n) is 3.08. The van der Waals surface area contributed by atoms with Crippen molar-refractivity contribution in [1.29, 1.82) is 0 Å². The van der Waals surface area contributed by atoms with Crippen molar-refractivity contribution in [2.24, 2.45) is 11.5 Å². The summed E-state index contributed by atoms with van der Waals surface area (Å²) in [5.74, 6) is -0.759. The first kappa shape index (κ1) is 13.9. The highest BCUT2D eigenvalue weighted by molar-refractivity contribution is 5.90. The normalized spacial score (nSPS) is 13.2. The predicted molar refractivity (Wildman–Crippen MR) is 54.8 cm³/mol. The van der Waals surface area contributed by atoms with Gasteiger partial charge in [-0.3, -0.25) is 9.59 Å². The fraction of sp³-hybridized carbons (Fsp3) is 0.444. The van der Waals surface area contributed by atoms with Crippen LogP contribution in [-0.4, -0.2) is 35.0 Å². The molecule has 16 heavy (non-hydrogen) atoms. The number of primary amides is 1. The molecular formula is C9H13N3O4. The summed E-state index contributed by atoms with van der Waals surface area (Å²) in [6.45, 7) is 0. The van der Waals surface area contributed by atoms with Crippen LogP contribution in [0.5, 0.6) is 0 Å². The molecular weight excluding hydrogens is 214 g/mol. The van der Waals surface area contributed by atoms with Gasteiger partial charge in [0, 0.05) is 6.42 Å². The fourth-order valence-corrected chi connectivity index (χ4v) is 0.900. The summed E-state index contributed by atoms with van der Waals surface area (Å²) in [5, 5.41) is 10.8. The summed E-state index contributed by atoms with van der Waals surface area (Å²) in [7, 11) is 0. The van der Waals surface area contributed by atoms with Crippen molar-refractivity contribution < 1.29 is 19.5 Å². The molecule has 0 spiro atoms. The van der Waals surface area contributed by atoms with Crippen molar-refractivity contribution in [1.82, 2.24) is 5.32 Å². The molecule has 2 amide bonds. The van der Waals surface area contributed by atoms with Crippen molar-refractivity contribution in [2.75, 3.05) is 0 Å². The van der Waals surface area contributed by atoms with Crippen LogP contribution in [0, 0.1) is 12.3 Å². The van der Waals surface area contributed by atoms with E-state index >= 15 is 0 Å². The van der Waals surface area contributed by atoms with Gasteiger partial charge < -0.3 is 21.9 Å². The lowest BCUT2D eigenvalue weighted by atomic mass is 10.1. The first-order valence-corrected chi connectivity index (χ1v) is 4.39. The molecule has 6 N–H and O–H groups in total. The van der Waals surface area contributed by atoms with E-state index in [1.165, 1.54) is 0 Å². The maximum Gasteiger partial charge on any atom is 0.326 e. The lowest BCUT2D eigenvalue weighted by Gasteiger charge is -2.15. The number of hydrogen-bond donors (Lipinski definition) is 4. The van der Waals surface area contributed by atoms with Crippen LogP contribution in [0.2, 0.25) is 0 Å². The third kappa shape index (κ3) is 4.97. The molecule has 0 fully saturated rings. The van der Waals surface area contributed by atoms with Crippen LogP contribution in [0.25, 0.3) is 0 Å². The number of carbonyl (C=O) groups excluding carboxylic acids is 2. The minimum atomic E-state index is -1.38. The van der Waals surface area contributed by atoms with E-state index in [1.807, 2.05) is 0 Å². The first-order chi connectivity index (χ1) is 7.38. The minimum Gasteiger partial charge on any atom is -0.480 e. The number of hydrogen-bond acceptors (Lipinski definition) is 4. The number of terminal acetylenes is 1. The summed E-state index contributed by atoms with van der Waals surface area (Å²) in [4.78, 5) is 32.5. The van der Waals surface area contributed by atoms with E-state index in [-0.39, 0.29) is 6.42 Å². The number of nitrogens with one attached hydrogen (secondary N) is 1. The number of carbonyl (C=O) groups is 3. The average molecular weight is 227 g/mol. The Morgan fingerprint density at radius 2 is 2.00 bits per heavy atom. The molecule has 0 aliphatic rings. The maximum atomic E-state index is 11.3. The Morgan fingerprint density at radius 1 is 1.44 bits per heavy atom. The Labute approximate surface area is 92.2 Å². The fourth-order valence-electron chi connectivity index (χ4n) is 0.900. The lowest BCUT2D eigenvalue weighted by Crippen LogP contribution is -2.49. The van der Waals surface area contributed by atoms with Crippen LogP contribution >= 0.6 is 0 Å². The average Bonchev–Trinajstić information content (AvgIpc) is 2.16. The Morgan fingerprint density at radius 3 is 2.38 bits per heavy atom. The standard InChI is InChI=1S/C9H13N3O4/c1-2-3-5(10)8(14)12-6(9(15)16)4-7(11)13/h1,5-6H,3-4,10H2,(H2,11,13)(H,12,14)(H,15,16). The summed E-state index contributed by atoms with van der Waals surface area (Å²) in [5.41, 5.74) is 10.2. The summed E-state index contributed by atoms with van der Waals surface area (Å²) in [6, 6.07) is -2.38. The van der Waals surface area contributed by atoms with E-state index in [1.54, 1.807) is 0 Å². The molecule has 0 radical (unpaired) electrons. The predicted octanol–water partition coefficient (Wildman–Crippen LogP) is -2.22.